The van der Waals surface area contributed by atoms with Crippen LogP contribution >= 0.6 is 22.9 Å². The van der Waals surface area contributed by atoms with Gasteiger partial charge in [-0.25, -0.2) is 0 Å². The molecule has 3 aromatic rings. The maximum atomic E-state index is 12.2. The predicted octanol–water partition coefficient (Wildman–Crippen LogP) is 4.71. The lowest BCUT2D eigenvalue weighted by Gasteiger charge is -2.14. The van der Waals surface area contributed by atoms with Crippen molar-refractivity contribution < 1.29 is 4.79 Å². The number of carbonyl (C=O) groups is 1. The van der Waals surface area contributed by atoms with Gasteiger partial charge >= 0.3 is 0 Å². The molecule has 4 rings (SSSR count). The molecule has 0 spiro atoms. The van der Waals surface area contributed by atoms with Crippen LogP contribution in [0.5, 0.6) is 0 Å². The molecule has 5 nitrogen and oxygen atoms in total. The molecule has 3 heterocycles. The first-order chi connectivity index (χ1) is 12.7. The Balaban J connectivity index is 1.55. The zero-order valence-electron chi connectivity index (χ0n) is 14.2. The number of hydrogen-bond donors (Lipinski definition) is 1. The molecule has 0 atom stereocenters. The highest BCUT2D eigenvalue weighted by Gasteiger charge is 2.22. The quantitative estimate of drug-likeness (QED) is 0.691. The smallest absolute Gasteiger partial charge is 0.261 e. The third kappa shape index (κ3) is 3.66. The lowest BCUT2D eigenvalue weighted by molar-refractivity contribution is 0.0954. The Morgan fingerprint density at radius 3 is 2.69 bits per heavy atom. The molecule has 1 aliphatic rings. The predicted molar refractivity (Wildman–Crippen MR) is 103 cm³/mol. The highest BCUT2D eigenvalue weighted by molar-refractivity contribution is 7.17. The standard InChI is InChI=1S/C19H19ClN4OS/c20-18-6-5-17(26-18)19(25)22-12-14-11-16(13-7-9-21-10-8-13)24(23-14)15-3-1-2-4-15/h5-11,15H,1-4,12H2,(H,22,25). The summed E-state index contributed by atoms with van der Waals surface area (Å²) in [5.74, 6) is -0.122. The van der Waals surface area contributed by atoms with Gasteiger partial charge in [-0.1, -0.05) is 24.4 Å². The maximum absolute atomic E-state index is 12.2. The average molecular weight is 387 g/mol. The molecule has 0 aliphatic heterocycles. The highest BCUT2D eigenvalue weighted by atomic mass is 35.5. The number of hydrogen-bond acceptors (Lipinski definition) is 4. The van der Waals surface area contributed by atoms with Crippen molar-refractivity contribution >= 4 is 28.8 Å². The van der Waals surface area contributed by atoms with Gasteiger partial charge in [-0.2, -0.15) is 5.10 Å². The molecule has 0 aromatic carbocycles. The van der Waals surface area contributed by atoms with E-state index in [0.717, 1.165) is 29.8 Å². The first kappa shape index (κ1) is 17.2. The molecule has 26 heavy (non-hydrogen) atoms. The van der Waals surface area contributed by atoms with E-state index < -0.39 is 0 Å². The molecule has 7 heteroatoms. The van der Waals surface area contributed by atoms with Crippen molar-refractivity contribution in [2.45, 2.75) is 38.3 Å². The molecule has 0 saturated heterocycles. The molecule has 3 aromatic heterocycles. The summed E-state index contributed by atoms with van der Waals surface area (Å²) in [6.07, 6.45) is 8.38. The molecule has 134 valence electrons. The summed E-state index contributed by atoms with van der Waals surface area (Å²) in [4.78, 5) is 17.0. The Labute approximate surface area is 161 Å². The molecule has 1 amide bonds. The number of nitrogens with one attached hydrogen (secondary N) is 1. The molecule has 1 N–H and O–H groups in total. The molecule has 0 bridgehead atoms. The van der Waals surface area contributed by atoms with Crippen LogP contribution in [-0.2, 0) is 6.54 Å². The molecular formula is C19H19ClN4OS. The third-order valence-corrected chi connectivity index (χ3v) is 5.89. The Bertz CT molecular complexity index is 899. The first-order valence-corrected chi connectivity index (χ1v) is 9.92. The monoisotopic (exact) mass is 386 g/mol. The summed E-state index contributed by atoms with van der Waals surface area (Å²) >= 11 is 7.18. The van der Waals surface area contributed by atoms with E-state index in [9.17, 15) is 4.79 Å². The largest absolute Gasteiger partial charge is 0.346 e. The fraction of sp³-hybridized carbons (Fsp3) is 0.316. The summed E-state index contributed by atoms with van der Waals surface area (Å²) in [5.41, 5.74) is 3.05. The van der Waals surface area contributed by atoms with Crippen LogP contribution in [0.1, 0.15) is 47.1 Å². The average Bonchev–Trinajstić information content (AvgIpc) is 3.40. The molecule has 0 unspecified atom stereocenters. The van der Waals surface area contributed by atoms with Crippen LogP contribution in [0.2, 0.25) is 4.34 Å². The molecular weight excluding hydrogens is 368 g/mol. The highest BCUT2D eigenvalue weighted by Crippen LogP contribution is 2.33. The SMILES string of the molecule is O=C(NCc1cc(-c2ccncc2)n(C2CCCC2)n1)c1ccc(Cl)s1. The van der Waals surface area contributed by atoms with E-state index >= 15 is 0 Å². The molecule has 1 fully saturated rings. The summed E-state index contributed by atoms with van der Waals surface area (Å²) in [6, 6.07) is 9.96. The lowest BCUT2D eigenvalue weighted by atomic mass is 10.1. The number of pyridine rings is 1. The summed E-state index contributed by atoms with van der Waals surface area (Å²) in [6.45, 7) is 0.395. The number of amides is 1. The minimum atomic E-state index is -0.122. The minimum absolute atomic E-state index is 0.122. The fourth-order valence-electron chi connectivity index (χ4n) is 3.39. The second-order valence-corrected chi connectivity index (χ2v) is 8.14. The van der Waals surface area contributed by atoms with Crippen molar-refractivity contribution in [2.24, 2.45) is 0 Å². The number of aromatic nitrogens is 3. The van der Waals surface area contributed by atoms with Crippen LogP contribution in [0.4, 0.5) is 0 Å². The van der Waals surface area contributed by atoms with Crippen LogP contribution in [-0.4, -0.2) is 20.7 Å². The summed E-state index contributed by atoms with van der Waals surface area (Å²) in [7, 11) is 0. The minimum Gasteiger partial charge on any atom is -0.346 e. The number of rotatable bonds is 5. The summed E-state index contributed by atoms with van der Waals surface area (Å²) < 4.78 is 2.74. The topological polar surface area (TPSA) is 59.8 Å². The third-order valence-electron chi connectivity index (χ3n) is 4.66. The van der Waals surface area contributed by atoms with Crippen molar-refractivity contribution in [1.82, 2.24) is 20.1 Å². The molecule has 1 saturated carbocycles. The van der Waals surface area contributed by atoms with Crippen LogP contribution in [0.3, 0.4) is 0 Å². The normalized spacial score (nSPS) is 14.7. The van der Waals surface area contributed by atoms with Crippen molar-refractivity contribution in [1.29, 1.82) is 0 Å². The van der Waals surface area contributed by atoms with E-state index in [-0.39, 0.29) is 5.91 Å². The van der Waals surface area contributed by atoms with E-state index in [1.54, 1.807) is 24.5 Å². The second-order valence-electron chi connectivity index (χ2n) is 6.43. The van der Waals surface area contributed by atoms with E-state index in [0.29, 0.717) is 21.8 Å². The Hall–Kier alpha value is -2.18. The maximum Gasteiger partial charge on any atom is 0.261 e. The number of nitrogens with zero attached hydrogens (tertiary/aromatic N) is 3. The fourth-order valence-corrected chi connectivity index (χ4v) is 4.35. The Kier molecular flexibility index (Phi) is 5.04. The number of carbonyl (C=O) groups excluding carboxylic acids is 1. The van der Waals surface area contributed by atoms with Crippen LogP contribution < -0.4 is 5.32 Å². The van der Waals surface area contributed by atoms with Crippen molar-refractivity contribution in [3.8, 4) is 11.3 Å². The Morgan fingerprint density at radius 1 is 1.23 bits per heavy atom. The zero-order valence-corrected chi connectivity index (χ0v) is 15.8. The van der Waals surface area contributed by atoms with Crippen molar-refractivity contribution in [3.05, 3.63) is 57.6 Å². The second kappa shape index (κ2) is 7.60. The van der Waals surface area contributed by atoms with Gasteiger partial charge in [0.2, 0.25) is 0 Å². The summed E-state index contributed by atoms with van der Waals surface area (Å²) in [5, 5.41) is 7.73. The van der Waals surface area contributed by atoms with E-state index in [1.165, 1.54) is 24.2 Å². The van der Waals surface area contributed by atoms with Gasteiger partial charge in [0.05, 0.1) is 33.2 Å². The number of halogens is 1. The van der Waals surface area contributed by atoms with E-state index in [2.05, 4.69) is 21.0 Å². The van der Waals surface area contributed by atoms with Gasteiger partial charge in [-0.15, -0.1) is 11.3 Å². The lowest BCUT2D eigenvalue weighted by Crippen LogP contribution is -2.22. The molecule has 1 aliphatic carbocycles. The Morgan fingerprint density at radius 2 is 2.00 bits per heavy atom. The van der Waals surface area contributed by atoms with Gasteiger partial charge in [0.25, 0.3) is 5.91 Å². The van der Waals surface area contributed by atoms with Crippen molar-refractivity contribution in [3.63, 3.8) is 0 Å². The zero-order chi connectivity index (χ0) is 17.9. The van der Waals surface area contributed by atoms with Crippen molar-refractivity contribution in [2.75, 3.05) is 0 Å². The van der Waals surface area contributed by atoms with Crippen LogP contribution in [0.15, 0.2) is 42.7 Å². The number of thiophene rings is 1. The first-order valence-electron chi connectivity index (χ1n) is 8.73. The molecule has 0 radical (unpaired) electrons. The van der Waals surface area contributed by atoms with Gasteiger partial charge in [0.1, 0.15) is 0 Å². The van der Waals surface area contributed by atoms with Gasteiger partial charge in [0.15, 0.2) is 0 Å². The van der Waals surface area contributed by atoms with Gasteiger partial charge in [-0.3, -0.25) is 14.5 Å². The van der Waals surface area contributed by atoms with E-state index in [4.69, 9.17) is 16.7 Å². The van der Waals surface area contributed by atoms with E-state index in [1.807, 2.05) is 12.1 Å². The van der Waals surface area contributed by atoms with Crippen LogP contribution in [0.25, 0.3) is 11.3 Å². The van der Waals surface area contributed by atoms with Gasteiger partial charge < -0.3 is 5.32 Å². The van der Waals surface area contributed by atoms with Gasteiger partial charge in [-0.05, 0) is 43.2 Å². The van der Waals surface area contributed by atoms with Gasteiger partial charge in [0, 0.05) is 18.0 Å². The van der Waals surface area contributed by atoms with Crippen LogP contribution in [0, 0.1) is 0 Å².